The van der Waals surface area contributed by atoms with E-state index in [0.29, 0.717) is 12.2 Å². The molecule has 1 heterocycles. The number of carboxylic acid groups (broad SMARTS) is 1. The Kier molecular flexibility index (Phi) is 8.66. The van der Waals surface area contributed by atoms with E-state index in [2.05, 4.69) is 16.0 Å². The predicted molar refractivity (Wildman–Crippen MR) is 126 cm³/mol. The van der Waals surface area contributed by atoms with Gasteiger partial charge in [0.2, 0.25) is 15.9 Å². The Balaban J connectivity index is 1.56. The van der Waals surface area contributed by atoms with Gasteiger partial charge in [-0.05, 0) is 42.7 Å². The molecule has 2 aromatic rings. The molecule has 1 aliphatic rings. The van der Waals surface area contributed by atoms with E-state index in [1.165, 1.54) is 19.2 Å². The van der Waals surface area contributed by atoms with Crippen LogP contribution in [0.25, 0.3) is 0 Å². The van der Waals surface area contributed by atoms with Crippen molar-refractivity contribution in [3.63, 3.8) is 0 Å². The first-order chi connectivity index (χ1) is 16.7. The Morgan fingerprint density at radius 3 is 2.54 bits per heavy atom. The van der Waals surface area contributed by atoms with Crippen LogP contribution < -0.4 is 20.7 Å². The molecule has 1 aliphatic heterocycles. The molecule has 0 aromatic heterocycles. The first-order valence-electron chi connectivity index (χ1n) is 11.0. The highest BCUT2D eigenvalue weighted by Crippen LogP contribution is 2.26. The maximum Gasteiger partial charge on any atom is 0.328 e. The number of carbonyl (C=O) groups excluding carboxylic acids is 2. The van der Waals surface area contributed by atoms with Gasteiger partial charge in [-0.25, -0.2) is 18.0 Å². The number of sulfonamides is 1. The number of ether oxygens (including phenoxy) is 1. The molecule has 35 heavy (non-hydrogen) atoms. The van der Waals surface area contributed by atoms with Crippen LogP contribution in [0.3, 0.4) is 0 Å². The summed E-state index contributed by atoms with van der Waals surface area (Å²) in [4.78, 5) is 36.7. The average molecular weight is 505 g/mol. The van der Waals surface area contributed by atoms with Crippen LogP contribution in [-0.2, 0) is 26.2 Å². The smallest absolute Gasteiger partial charge is 0.328 e. The summed E-state index contributed by atoms with van der Waals surface area (Å²) in [6, 6.07) is 11.7. The van der Waals surface area contributed by atoms with E-state index < -0.39 is 40.0 Å². The SMILES string of the molecule is COc1cccc(CNC(=O)NCC(NC(=O)C2CCCN2S(=O)(=O)c2ccccc2)C(=O)O)c1. The minimum Gasteiger partial charge on any atom is -0.497 e. The third kappa shape index (κ3) is 6.70. The van der Waals surface area contributed by atoms with Crippen LogP contribution in [0.15, 0.2) is 59.5 Å². The zero-order valence-electron chi connectivity index (χ0n) is 19.1. The Labute approximate surface area is 203 Å². The zero-order valence-corrected chi connectivity index (χ0v) is 20.0. The molecule has 4 N–H and O–H groups in total. The molecule has 188 valence electrons. The molecule has 3 amide bonds. The molecule has 1 saturated heterocycles. The molecule has 11 nitrogen and oxygen atoms in total. The predicted octanol–water partition coefficient (Wildman–Crippen LogP) is 0.917. The van der Waals surface area contributed by atoms with Gasteiger partial charge in [0.1, 0.15) is 17.8 Å². The number of methoxy groups -OCH3 is 1. The number of carbonyl (C=O) groups is 3. The van der Waals surface area contributed by atoms with Gasteiger partial charge in [0, 0.05) is 13.1 Å². The van der Waals surface area contributed by atoms with E-state index in [9.17, 15) is 27.9 Å². The Bertz CT molecular complexity index is 1160. The van der Waals surface area contributed by atoms with E-state index in [0.717, 1.165) is 9.87 Å². The van der Waals surface area contributed by atoms with Gasteiger partial charge < -0.3 is 25.8 Å². The maximum absolute atomic E-state index is 13.0. The minimum absolute atomic E-state index is 0.0591. The van der Waals surface area contributed by atoms with Crippen LogP contribution in [-0.4, -0.2) is 68.0 Å². The molecule has 3 rings (SSSR count). The van der Waals surface area contributed by atoms with Crippen molar-refractivity contribution >= 4 is 27.9 Å². The summed E-state index contributed by atoms with van der Waals surface area (Å²) in [5.41, 5.74) is 0.781. The molecule has 12 heteroatoms. The highest BCUT2D eigenvalue weighted by molar-refractivity contribution is 7.89. The van der Waals surface area contributed by atoms with Gasteiger partial charge in [-0.2, -0.15) is 4.31 Å². The van der Waals surface area contributed by atoms with Gasteiger partial charge in [-0.15, -0.1) is 0 Å². The number of nitrogens with one attached hydrogen (secondary N) is 3. The lowest BCUT2D eigenvalue weighted by Crippen LogP contribution is -2.54. The van der Waals surface area contributed by atoms with Crippen LogP contribution in [0.2, 0.25) is 0 Å². The van der Waals surface area contributed by atoms with E-state index in [-0.39, 0.29) is 31.0 Å². The number of benzene rings is 2. The summed E-state index contributed by atoms with van der Waals surface area (Å²) in [7, 11) is -2.39. The van der Waals surface area contributed by atoms with Gasteiger partial charge in [0.15, 0.2) is 0 Å². The first-order valence-corrected chi connectivity index (χ1v) is 12.4. The quantitative estimate of drug-likeness (QED) is 0.375. The van der Waals surface area contributed by atoms with Crippen molar-refractivity contribution in [1.29, 1.82) is 0 Å². The van der Waals surface area contributed by atoms with Gasteiger partial charge >= 0.3 is 12.0 Å². The normalized spacial score (nSPS) is 16.8. The van der Waals surface area contributed by atoms with Crippen LogP contribution in [0.5, 0.6) is 5.75 Å². The standard InChI is InChI=1S/C23H28N4O7S/c1-34-17-8-5-7-16(13-17)14-24-23(31)25-15-19(22(29)30)26-21(28)20-11-6-12-27(20)35(32,33)18-9-3-2-4-10-18/h2-5,7-10,13,19-20H,6,11-12,14-15H2,1H3,(H,26,28)(H,29,30)(H2,24,25,31). The summed E-state index contributed by atoms with van der Waals surface area (Å²) < 4.78 is 32.2. The number of urea groups is 1. The van der Waals surface area contributed by atoms with Gasteiger partial charge in [-0.3, -0.25) is 4.79 Å². The monoisotopic (exact) mass is 504 g/mol. The van der Waals surface area contributed by atoms with Crippen molar-refractivity contribution in [2.24, 2.45) is 0 Å². The lowest BCUT2D eigenvalue weighted by atomic mass is 10.2. The highest BCUT2D eigenvalue weighted by atomic mass is 32.2. The molecule has 0 bridgehead atoms. The number of aliphatic carboxylic acids is 1. The van der Waals surface area contributed by atoms with Crippen LogP contribution >= 0.6 is 0 Å². The van der Waals surface area contributed by atoms with Gasteiger partial charge in [0.25, 0.3) is 0 Å². The fourth-order valence-corrected chi connectivity index (χ4v) is 5.39. The summed E-state index contributed by atoms with van der Waals surface area (Å²) in [5.74, 6) is -1.46. The second kappa shape index (κ2) is 11.7. The van der Waals surface area contributed by atoms with Crippen LogP contribution in [0.1, 0.15) is 18.4 Å². The number of amides is 3. The average Bonchev–Trinajstić information content (AvgIpc) is 3.37. The van der Waals surface area contributed by atoms with Gasteiger partial charge in [-0.1, -0.05) is 30.3 Å². The molecular formula is C23H28N4O7S. The summed E-state index contributed by atoms with van der Waals surface area (Å²) in [5, 5.41) is 16.9. The Hall–Kier alpha value is -3.64. The maximum atomic E-state index is 13.0. The van der Waals surface area contributed by atoms with E-state index >= 15 is 0 Å². The van der Waals surface area contributed by atoms with Crippen molar-refractivity contribution in [3.8, 4) is 5.75 Å². The molecule has 0 radical (unpaired) electrons. The third-order valence-corrected chi connectivity index (χ3v) is 7.45. The summed E-state index contributed by atoms with van der Waals surface area (Å²) in [6.07, 6.45) is 0.728. The molecule has 2 unspecified atom stereocenters. The van der Waals surface area contributed by atoms with Gasteiger partial charge in [0.05, 0.1) is 18.6 Å². The molecule has 0 spiro atoms. The van der Waals surface area contributed by atoms with Crippen molar-refractivity contribution < 1.29 is 32.6 Å². The third-order valence-electron chi connectivity index (χ3n) is 5.52. The highest BCUT2D eigenvalue weighted by Gasteiger charge is 2.40. The lowest BCUT2D eigenvalue weighted by molar-refractivity contribution is -0.142. The molecule has 0 saturated carbocycles. The fourth-order valence-electron chi connectivity index (χ4n) is 3.71. The number of hydrogen-bond donors (Lipinski definition) is 4. The number of hydrogen-bond acceptors (Lipinski definition) is 6. The second-order valence-electron chi connectivity index (χ2n) is 7.90. The topological polar surface area (TPSA) is 154 Å². The van der Waals surface area contributed by atoms with Crippen molar-refractivity contribution in [3.05, 3.63) is 60.2 Å². The second-order valence-corrected chi connectivity index (χ2v) is 9.79. The van der Waals surface area contributed by atoms with E-state index in [1.807, 2.05) is 0 Å². The van der Waals surface area contributed by atoms with Crippen molar-refractivity contribution in [2.75, 3.05) is 20.2 Å². The zero-order chi connectivity index (χ0) is 25.4. The van der Waals surface area contributed by atoms with Crippen molar-refractivity contribution in [2.45, 2.75) is 36.4 Å². The molecule has 0 aliphatic carbocycles. The fraction of sp³-hybridized carbons (Fsp3) is 0.348. The van der Waals surface area contributed by atoms with Crippen molar-refractivity contribution in [1.82, 2.24) is 20.3 Å². The summed E-state index contributed by atoms with van der Waals surface area (Å²) >= 11 is 0. The molecular weight excluding hydrogens is 476 g/mol. The van der Waals surface area contributed by atoms with Crippen LogP contribution in [0, 0.1) is 0 Å². The number of carboxylic acids is 1. The number of nitrogens with zero attached hydrogens (tertiary/aromatic N) is 1. The summed E-state index contributed by atoms with van der Waals surface area (Å²) in [6.45, 7) is -0.0529. The minimum atomic E-state index is -3.92. The molecule has 2 atom stereocenters. The Morgan fingerprint density at radius 2 is 1.86 bits per heavy atom. The van der Waals surface area contributed by atoms with E-state index in [1.54, 1.807) is 42.5 Å². The number of rotatable bonds is 10. The van der Waals surface area contributed by atoms with E-state index in [4.69, 9.17) is 4.74 Å². The molecule has 2 aromatic carbocycles. The molecule has 1 fully saturated rings. The lowest BCUT2D eigenvalue weighted by Gasteiger charge is -2.25. The largest absolute Gasteiger partial charge is 0.497 e. The Morgan fingerprint density at radius 1 is 1.11 bits per heavy atom. The first kappa shape index (κ1) is 26.0. The van der Waals surface area contributed by atoms with Crippen LogP contribution in [0.4, 0.5) is 4.79 Å².